The number of phenols is 1. The molecule has 16 heavy (non-hydrogen) atoms. The second kappa shape index (κ2) is 7.29. The molecule has 1 unspecified atom stereocenters. The van der Waals surface area contributed by atoms with Crippen LogP contribution in [0.1, 0.15) is 32.3 Å². The van der Waals surface area contributed by atoms with Crippen LogP contribution in [-0.4, -0.2) is 18.2 Å². The second-order valence-electron chi connectivity index (χ2n) is 4.33. The van der Waals surface area contributed by atoms with Crippen LogP contribution < -0.4 is 5.32 Å². The van der Waals surface area contributed by atoms with E-state index >= 15 is 0 Å². The molecule has 0 amide bonds. The van der Waals surface area contributed by atoms with Gasteiger partial charge in [-0.2, -0.15) is 0 Å². The van der Waals surface area contributed by atoms with E-state index in [1.165, 1.54) is 18.4 Å². The van der Waals surface area contributed by atoms with Gasteiger partial charge in [0.25, 0.3) is 0 Å². The predicted molar refractivity (Wildman–Crippen MR) is 68.8 cm³/mol. The third-order valence-corrected chi connectivity index (χ3v) is 2.84. The van der Waals surface area contributed by atoms with Crippen molar-refractivity contribution in [3.05, 3.63) is 29.8 Å². The minimum atomic E-state index is 0.350. The van der Waals surface area contributed by atoms with Gasteiger partial charge in [0.2, 0.25) is 0 Å². The van der Waals surface area contributed by atoms with E-state index in [9.17, 15) is 5.11 Å². The molecule has 1 rings (SSSR count). The average molecular weight is 221 g/mol. The van der Waals surface area contributed by atoms with E-state index in [0.29, 0.717) is 11.7 Å². The van der Waals surface area contributed by atoms with E-state index < -0.39 is 0 Å². The van der Waals surface area contributed by atoms with Crippen LogP contribution in [-0.2, 0) is 6.42 Å². The summed E-state index contributed by atoms with van der Waals surface area (Å²) in [4.78, 5) is 0. The molecular weight excluding hydrogens is 198 g/mol. The lowest BCUT2D eigenvalue weighted by molar-refractivity contribution is 0.443. The molecule has 1 aromatic carbocycles. The molecule has 0 saturated heterocycles. The van der Waals surface area contributed by atoms with Crippen molar-refractivity contribution in [2.24, 2.45) is 5.92 Å². The summed E-state index contributed by atoms with van der Waals surface area (Å²) in [6.45, 7) is 6.50. The summed E-state index contributed by atoms with van der Waals surface area (Å²) in [5.41, 5.74) is 1.31. The Bertz CT molecular complexity index is 281. The highest BCUT2D eigenvalue weighted by Gasteiger charge is 2.08. The van der Waals surface area contributed by atoms with Crippen LogP contribution in [0.4, 0.5) is 0 Å². The second-order valence-corrected chi connectivity index (χ2v) is 4.33. The number of benzene rings is 1. The molecule has 0 aliphatic carbocycles. The zero-order valence-electron chi connectivity index (χ0n) is 10.4. The molecule has 0 heterocycles. The fourth-order valence-corrected chi connectivity index (χ4v) is 2.00. The lowest BCUT2D eigenvalue weighted by Gasteiger charge is -2.16. The van der Waals surface area contributed by atoms with Crippen molar-refractivity contribution in [2.45, 2.75) is 33.1 Å². The minimum Gasteiger partial charge on any atom is -0.508 e. The van der Waals surface area contributed by atoms with Gasteiger partial charge in [0.1, 0.15) is 5.75 Å². The number of aromatic hydroxyl groups is 1. The maximum absolute atomic E-state index is 9.22. The molecule has 0 spiro atoms. The van der Waals surface area contributed by atoms with Gasteiger partial charge >= 0.3 is 0 Å². The number of rotatable bonds is 7. The maximum Gasteiger partial charge on any atom is 0.115 e. The van der Waals surface area contributed by atoms with Gasteiger partial charge in [-0.05, 0) is 49.5 Å². The minimum absolute atomic E-state index is 0.350. The van der Waals surface area contributed by atoms with Gasteiger partial charge in [0.15, 0.2) is 0 Å². The largest absolute Gasteiger partial charge is 0.508 e. The molecule has 2 nitrogen and oxygen atoms in total. The number of phenolic OH excluding ortho intramolecular Hbond substituents is 1. The molecule has 0 bridgehead atoms. The van der Waals surface area contributed by atoms with Crippen molar-refractivity contribution in [2.75, 3.05) is 13.1 Å². The highest BCUT2D eigenvalue weighted by atomic mass is 16.3. The summed E-state index contributed by atoms with van der Waals surface area (Å²) in [5.74, 6) is 1.05. The Morgan fingerprint density at radius 3 is 2.44 bits per heavy atom. The zero-order chi connectivity index (χ0) is 11.8. The smallest absolute Gasteiger partial charge is 0.115 e. The van der Waals surface area contributed by atoms with Crippen LogP contribution in [0.25, 0.3) is 0 Å². The normalized spacial score (nSPS) is 12.6. The first-order chi connectivity index (χ1) is 7.76. The zero-order valence-corrected chi connectivity index (χ0v) is 10.4. The van der Waals surface area contributed by atoms with Gasteiger partial charge in [-0.1, -0.05) is 32.4 Å². The standard InChI is InChI=1S/C14H23NO/c1-3-5-13(11-15-4-2)10-12-6-8-14(16)9-7-12/h6-9,13,15-16H,3-5,10-11H2,1-2H3. The topological polar surface area (TPSA) is 32.3 Å². The number of hydrogen-bond donors (Lipinski definition) is 2. The van der Waals surface area contributed by atoms with Gasteiger partial charge in [-0.25, -0.2) is 0 Å². The van der Waals surface area contributed by atoms with Gasteiger partial charge < -0.3 is 10.4 Å². The van der Waals surface area contributed by atoms with Crippen molar-refractivity contribution in [1.82, 2.24) is 5.32 Å². The Balaban J connectivity index is 2.49. The van der Waals surface area contributed by atoms with Crippen molar-refractivity contribution < 1.29 is 5.11 Å². The Morgan fingerprint density at radius 2 is 1.88 bits per heavy atom. The monoisotopic (exact) mass is 221 g/mol. The van der Waals surface area contributed by atoms with Crippen molar-refractivity contribution in [1.29, 1.82) is 0 Å². The van der Waals surface area contributed by atoms with E-state index in [-0.39, 0.29) is 0 Å². The van der Waals surface area contributed by atoms with E-state index in [1.54, 1.807) is 12.1 Å². The molecule has 1 aromatic rings. The van der Waals surface area contributed by atoms with E-state index in [2.05, 4.69) is 19.2 Å². The average Bonchev–Trinajstić information content (AvgIpc) is 2.29. The van der Waals surface area contributed by atoms with Crippen molar-refractivity contribution in [3.63, 3.8) is 0 Å². The SMILES string of the molecule is CCCC(CNCC)Cc1ccc(O)cc1. The molecule has 1 atom stereocenters. The molecular formula is C14H23NO. The van der Waals surface area contributed by atoms with E-state index in [4.69, 9.17) is 0 Å². The van der Waals surface area contributed by atoms with Gasteiger partial charge in [-0.3, -0.25) is 0 Å². The Kier molecular flexibility index (Phi) is 5.94. The summed E-state index contributed by atoms with van der Waals surface area (Å²) in [5, 5.41) is 12.6. The first kappa shape index (κ1) is 13.0. The van der Waals surface area contributed by atoms with Gasteiger partial charge in [0, 0.05) is 0 Å². The molecule has 90 valence electrons. The first-order valence-corrected chi connectivity index (χ1v) is 6.24. The molecule has 0 aliphatic rings. The highest BCUT2D eigenvalue weighted by molar-refractivity contribution is 5.26. The first-order valence-electron chi connectivity index (χ1n) is 6.24. The molecule has 0 saturated carbocycles. The van der Waals surface area contributed by atoms with Crippen LogP contribution in [0.5, 0.6) is 5.75 Å². The summed E-state index contributed by atoms with van der Waals surface area (Å²) in [6, 6.07) is 7.57. The lowest BCUT2D eigenvalue weighted by atomic mass is 9.95. The predicted octanol–water partition coefficient (Wildman–Crippen LogP) is 2.96. The van der Waals surface area contributed by atoms with Crippen LogP contribution in [0.2, 0.25) is 0 Å². The lowest BCUT2D eigenvalue weighted by Crippen LogP contribution is -2.23. The van der Waals surface area contributed by atoms with Crippen molar-refractivity contribution >= 4 is 0 Å². The van der Waals surface area contributed by atoms with Crippen LogP contribution in [0, 0.1) is 5.92 Å². The van der Waals surface area contributed by atoms with Gasteiger partial charge in [0.05, 0.1) is 0 Å². The molecule has 0 fully saturated rings. The Labute approximate surface area is 98.7 Å². The van der Waals surface area contributed by atoms with Crippen LogP contribution >= 0.6 is 0 Å². The summed E-state index contributed by atoms with van der Waals surface area (Å²) in [7, 11) is 0. The highest BCUT2D eigenvalue weighted by Crippen LogP contribution is 2.16. The van der Waals surface area contributed by atoms with Crippen molar-refractivity contribution in [3.8, 4) is 5.75 Å². The number of nitrogens with one attached hydrogen (secondary N) is 1. The summed E-state index contributed by atoms with van der Waals surface area (Å²) in [6.07, 6.45) is 3.59. The quantitative estimate of drug-likeness (QED) is 0.742. The third-order valence-electron chi connectivity index (χ3n) is 2.84. The fourth-order valence-electron chi connectivity index (χ4n) is 2.00. The van der Waals surface area contributed by atoms with Crippen LogP contribution in [0.15, 0.2) is 24.3 Å². The van der Waals surface area contributed by atoms with Gasteiger partial charge in [-0.15, -0.1) is 0 Å². The molecule has 2 N–H and O–H groups in total. The van der Waals surface area contributed by atoms with E-state index in [0.717, 1.165) is 19.5 Å². The Morgan fingerprint density at radius 1 is 1.19 bits per heavy atom. The molecule has 0 aliphatic heterocycles. The molecule has 0 radical (unpaired) electrons. The molecule has 0 aromatic heterocycles. The third kappa shape index (κ3) is 4.67. The Hall–Kier alpha value is -1.02. The fraction of sp³-hybridized carbons (Fsp3) is 0.571. The maximum atomic E-state index is 9.22. The van der Waals surface area contributed by atoms with E-state index in [1.807, 2.05) is 12.1 Å². The summed E-state index contributed by atoms with van der Waals surface area (Å²) < 4.78 is 0. The number of hydrogen-bond acceptors (Lipinski definition) is 2. The van der Waals surface area contributed by atoms with Crippen LogP contribution in [0.3, 0.4) is 0 Å². The summed E-state index contributed by atoms with van der Waals surface area (Å²) >= 11 is 0. The molecule has 2 heteroatoms.